The summed E-state index contributed by atoms with van der Waals surface area (Å²) < 4.78 is 0. The van der Waals surface area contributed by atoms with Gasteiger partial charge in [0.05, 0.1) is 0 Å². The second-order valence-corrected chi connectivity index (χ2v) is 3.41. The summed E-state index contributed by atoms with van der Waals surface area (Å²) in [5.74, 6) is 0.904. The fourth-order valence-corrected chi connectivity index (χ4v) is 1.69. The van der Waals surface area contributed by atoms with E-state index in [9.17, 15) is 9.59 Å². The lowest BCUT2D eigenvalue weighted by Gasteiger charge is -2.18. The topological polar surface area (TPSA) is 34.1 Å². The number of Topliss-reactive ketones (excluding diaryl/α,β-unsaturated/α-hetero) is 2. The molecule has 0 spiro atoms. The van der Waals surface area contributed by atoms with Crippen LogP contribution in [0.15, 0.2) is 0 Å². The van der Waals surface area contributed by atoms with Gasteiger partial charge in [0.2, 0.25) is 0 Å². The highest BCUT2D eigenvalue weighted by Crippen LogP contribution is 2.23. The number of carbonyl (C=O) groups is 2. The Kier molecular flexibility index (Phi) is 2.80. The van der Waals surface area contributed by atoms with Gasteiger partial charge in [0.1, 0.15) is 11.6 Å². The summed E-state index contributed by atoms with van der Waals surface area (Å²) in [4.78, 5) is 21.7. The summed E-state index contributed by atoms with van der Waals surface area (Å²) in [6.45, 7) is 1.60. The first-order valence-corrected chi connectivity index (χ1v) is 4.19. The summed E-state index contributed by atoms with van der Waals surface area (Å²) in [5, 5.41) is 0. The minimum absolute atomic E-state index is 0.213. The van der Waals surface area contributed by atoms with Gasteiger partial charge in [-0.2, -0.15) is 0 Å². The highest BCUT2D eigenvalue weighted by molar-refractivity contribution is 5.81. The summed E-state index contributed by atoms with van der Waals surface area (Å²) in [6, 6.07) is 0. The molecular weight excluding hydrogens is 140 g/mol. The molecule has 0 aliphatic heterocycles. The molecule has 0 amide bonds. The molecule has 0 aromatic rings. The van der Waals surface area contributed by atoms with E-state index in [2.05, 4.69) is 0 Å². The van der Waals surface area contributed by atoms with Crippen LogP contribution in [0.25, 0.3) is 0 Å². The Balaban J connectivity index is 2.34. The van der Waals surface area contributed by atoms with E-state index >= 15 is 0 Å². The number of ketones is 2. The smallest absolute Gasteiger partial charge is 0.133 e. The molecule has 2 heteroatoms. The monoisotopic (exact) mass is 154 g/mol. The molecule has 1 atom stereocenters. The van der Waals surface area contributed by atoms with Crippen molar-refractivity contribution in [2.45, 2.75) is 39.0 Å². The third kappa shape index (κ3) is 2.83. The third-order valence-corrected chi connectivity index (χ3v) is 2.16. The van der Waals surface area contributed by atoms with E-state index in [-0.39, 0.29) is 5.78 Å². The molecule has 0 N–H and O–H groups in total. The van der Waals surface area contributed by atoms with Gasteiger partial charge in [-0.3, -0.25) is 4.79 Å². The lowest BCUT2D eigenvalue weighted by atomic mass is 9.85. The van der Waals surface area contributed by atoms with Gasteiger partial charge in [-0.25, -0.2) is 0 Å². The number of hydrogen-bond donors (Lipinski definition) is 0. The van der Waals surface area contributed by atoms with Crippen molar-refractivity contribution in [3.63, 3.8) is 0 Å². The van der Waals surface area contributed by atoms with Crippen molar-refractivity contribution < 1.29 is 9.59 Å². The Bertz CT molecular complexity index is 170. The van der Waals surface area contributed by atoms with Crippen LogP contribution < -0.4 is 0 Å². The van der Waals surface area contributed by atoms with E-state index in [1.165, 1.54) is 0 Å². The van der Waals surface area contributed by atoms with Crippen LogP contribution in [0.4, 0.5) is 0 Å². The Morgan fingerprint density at radius 2 is 2.36 bits per heavy atom. The van der Waals surface area contributed by atoms with Crippen molar-refractivity contribution >= 4 is 11.6 Å². The first-order chi connectivity index (χ1) is 5.18. The predicted molar refractivity (Wildman–Crippen MR) is 42.3 cm³/mol. The molecule has 1 rings (SSSR count). The zero-order valence-electron chi connectivity index (χ0n) is 6.93. The lowest BCUT2D eigenvalue weighted by molar-refractivity contribution is -0.122. The van der Waals surface area contributed by atoms with Crippen LogP contribution in [0, 0.1) is 5.92 Å². The molecule has 0 radical (unpaired) electrons. The average Bonchev–Trinajstić information content (AvgIpc) is 1.85. The van der Waals surface area contributed by atoms with Gasteiger partial charge in [0.15, 0.2) is 0 Å². The Labute approximate surface area is 67.0 Å². The highest BCUT2D eigenvalue weighted by atomic mass is 16.1. The molecule has 11 heavy (non-hydrogen) atoms. The SMILES string of the molecule is CC(=O)C[C@H]1CCCC(=O)C1. The molecule has 0 aromatic carbocycles. The molecule has 62 valence electrons. The van der Waals surface area contributed by atoms with Crippen molar-refractivity contribution in [2.24, 2.45) is 5.92 Å². The molecule has 0 saturated heterocycles. The maximum absolute atomic E-state index is 10.9. The zero-order valence-corrected chi connectivity index (χ0v) is 6.93. The molecule has 0 unspecified atom stereocenters. The molecule has 0 aromatic heterocycles. The molecule has 2 nitrogen and oxygen atoms in total. The van der Waals surface area contributed by atoms with Crippen LogP contribution in [-0.4, -0.2) is 11.6 Å². The van der Waals surface area contributed by atoms with Crippen molar-refractivity contribution in [1.82, 2.24) is 0 Å². The van der Waals surface area contributed by atoms with Crippen molar-refractivity contribution in [3.05, 3.63) is 0 Å². The normalized spacial score (nSPS) is 25.2. The molecule has 1 fully saturated rings. The molecule has 0 heterocycles. The fraction of sp³-hybridized carbons (Fsp3) is 0.778. The predicted octanol–water partition coefficient (Wildman–Crippen LogP) is 1.72. The van der Waals surface area contributed by atoms with Gasteiger partial charge in [0, 0.05) is 19.3 Å². The third-order valence-electron chi connectivity index (χ3n) is 2.16. The van der Waals surface area contributed by atoms with Crippen LogP contribution in [0.5, 0.6) is 0 Å². The minimum Gasteiger partial charge on any atom is -0.300 e. The largest absolute Gasteiger partial charge is 0.300 e. The fourth-order valence-electron chi connectivity index (χ4n) is 1.69. The maximum Gasteiger partial charge on any atom is 0.133 e. The van der Waals surface area contributed by atoms with E-state index in [1.807, 2.05) is 0 Å². The number of rotatable bonds is 2. The van der Waals surface area contributed by atoms with Gasteiger partial charge < -0.3 is 4.79 Å². The Morgan fingerprint density at radius 1 is 1.64 bits per heavy atom. The van der Waals surface area contributed by atoms with E-state index < -0.39 is 0 Å². The van der Waals surface area contributed by atoms with Gasteiger partial charge in [0.25, 0.3) is 0 Å². The second-order valence-electron chi connectivity index (χ2n) is 3.41. The summed E-state index contributed by atoms with van der Waals surface area (Å²) in [6.07, 6.45) is 4.02. The molecule has 0 bridgehead atoms. The Morgan fingerprint density at radius 3 is 2.91 bits per heavy atom. The molecule has 1 saturated carbocycles. The number of carbonyl (C=O) groups excluding carboxylic acids is 2. The van der Waals surface area contributed by atoms with E-state index in [4.69, 9.17) is 0 Å². The van der Waals surface area contributed by atoms with Crippen molar-refractivity contribution in [2.75, 3.05) is 0 Å². The molecule has 1 aliphatic carbocycles. The standard InChI is InChI=1S/C9H14O2/c1-7(10)5-8-3-2-4-9(11)6-8/h8H,2-6H2,1H3/t8-/m1/s1. The quantitative estimate of drug-likeness (QED) is 0.607. The first kappa shape index (κ1) is 8.44. The lowest BCUT2D eigenvalue weighted by Crippen LogP contribution is -2.16. The maximum atomic E-state index is 10.9. The van der Waals surface area contributed by atoms with Crippen LogP contribution >= 0.6 is 0 Å². The van der Waals surface area contributed by atoms with Crippen molar-refractivity contribution in [1.29, 1.82) is 0 Å². The van der Waals surface area contributed by atoms with Gasteiger partial charge >= 0.3 is 0 Å². The van der Waals surface area contributed by atoms with Crippen molar-refractivity contribution in [3.8, 4) is 0 Å². The van der Waals surface area contributed by atoms with Gasteiger partial charge in [-0.05, 0) is 25.7 Å². The van der Waals surface area contributed by atoms with Crippen LogP contribution in [0.2, 0.25) is 0 Å². The zero-order chi connectivity index (χ0) is 8.27. The van der Waals surface area contributed by atoms with E-state index in [0.29, 0.717) is 24.5 Å². The van der Waals surface area contributed by atoms with Crippen LogP contribution in [0.1, 0.15) is 39.0 Å². The van der Waals surface area contributed by atoms with Gasteiger partial charge in [-0.15, -0.1) is 0 Å². The van der Waals surface area contributed by atoms with Gasteiger partial charge in [-0.1, -0.05) is 0 Å². The number of hydrogen-bond acceptors (Lipinski definition) is 2. The molecule has 1 aliphatic rings. The Hall–Kier alpha value is -0.660. The molecular formula is C9H14O2. The summed E-state index contributed by atoms with van der Waals surface area (Å²) in [5.41, 5.74) is 0. The van der Waals surface area contributed by atoms with Crippen LogP contribution in [0.3, 0.4) is 0 Å². The highest BCUT2D eigenvalue weighted by Gasteiger charge is 2.20. The summed E-state index contributed by atoms with van der Waals surface area (Å²) >= 11 is 0. The minimum atomic E-state index is 0.213. The summed E-state index contributed by atoms with van der Waals surface area (Å²) in [7, 11) is 0. The second kappa shape index (κ2) is 3.65. The first-order valence-electron chi connectivity index (χ1n) is 4.19. The van der Waals surface area contributed by atoms with E-state index in [0.717, 1.165) is 19.3 Å². The van der Waals surface area contributed by atoms with E-state index in [1.54, 1.807) is 6.92 Å². The van der Waals surface area contributed by atoms with Crippen LogP contribution in [-0.2, 0) is 9.59 Å². The average molecular weight is 154 g/mol.